The largest absolute Gasteiger partial charge is 0.458 e. The van der Waals surface area contributed by atoms with Crippen LogP contribution >= 0.6 is 0 Å². The maximum atomic E-state index is 7.02. The second-order valence-corrected chi connectivity index (χ2v) is 19.0. The van der Waals surface area contributed by atoms with Gasteiger partial charge in [0.05, 0.1) is 0 Å². The quantitative estimate of drug-likeness (QED) is 0.130. The molecule has 12 aromatic rings. The first-order chi connectivity index (χ1) is 33.7. The molecule has 0 spiro atoms. The maximum absolute atomic E-state index is 7.02. The molecule has 4 heterocycles. The minimum Gasteiger partial charge on any atom is -0.458 e. The highest BCUT2D eigenvalue weighted by atomic mass is 16.5. The van der Waals surface area contributed by atoms with Crippen molar-refractivity contribution < 1.29 is 9.47 Å². The summed E-state index contributed by atoms with van der Waals surface area (Å²) >= 11 is 0. The second kappa shape index (κ2) is 13.5. The lowest BCUT2D eigenvalue weighted by atomic mass is 9.31. The van der Waals surface area contributed by atoms with Crippen molar-refractivity contribution in [3.05, 3.63) is 218 Å². The van der Waals surface area contributed by atoms with Crippen molar-refractivity contribution in [3.8, 4) is 89.8 Å². The Morgan fingerprint density at radius 2 is 0.603 bits per heavy atom. The Balaban J connectivity index is 1.14. The smallest absolute Gasteiger partial charge is 0.252 e. The van der Waals surface area contributed by atoms with Gasteiger partial charge in [-0.15, -0.1) is 0 Å². The summed E-state index contributed by atoms with van der Waals surface area (Å²) in [5.74, 6) is 3.69. The molecule has 0 N–H and O–H groups in total. The summed E-state index contributed by atoms with van der Waals surface area (Å²) in [6.45, 7) is -0.0718. The van der Waals surface area contributed by atoms with Crippen molar-refractivity contribution in [2.24, 2.45) is 0 Å². The predicted octanol–water partition coefficient (Wildman–Crippen LogP) is 12.5. The minimum absolute atomic E-state index is 0.0359. The molecular formula is C64H36B2O2. The number of benzene rings is 12. The molecule has 310 valence electrons. The molecule has 4 aliphatic rings. The van der Waals surface area contributed by atoms with Crippen LogP contribution in [0.3, 0.4) is 0 Å². The van der Waals surface area contributed by atoms with E-state index in [9.17, 15) is 0 Å². The molecule has 0 amide bonds. The molecular weight excluding hydrogens is 822 g/mol. The lowest BCUT2D eigenvalue weighted by Crippen LogP contribution is -2.58. The van der Waals surface area contributed by atoms with Crippen LogP contribution in [0.5, 0.6) is 23.0 Å². The fraction of sp³-hybridized carbons (Fsp3) is 0. The van der Waals surface area contributed by atoms with Crippen molar-refractivity contribution in [2.45, 2.75) is 0 Å². The summed E-state index contributed by atoms with van der Waals surface area (Å²) in [6.07, 6.45) is 0. The zero-order chi connectivity index (χ0) is 44.2. The van der Waals surface area contributed by atoms with Gasteiger partial charge < -0.3 is 9.47 Å². The summed E-state index contributed by atoms with van der Waals surface area (Å²) in [6, 6.07) is 80.8. The summed E-state index contributed by atoms with van der Waals surface area (Å²) in [5.41, 5.74) is 22.0. The van der Waals surface area contributed by atoms with Crippen molar-refractivity contribution >= 4 is 78.5 Å². The highest BCUT2D eigenvalue weighted by molar-refractivity contribution is 7.01. The first-order valence-electron chi connectivity index (χ1n) is 23.7. The van der Waals surface area contributed by atoms with Crippen LogP contribution in [0.15, 0.2) is 218 Å². The Labute approximate surface area is 394 Å². The van der Waals surface area contributed by atoms with E-state index in [0.29, 0.717) is 0 Å². The maximum Gasteiger partial charge on any atom is 0.252 e. The van der Waals surface area contributed by atoms with E-state index in [-0.39, 0.29) is 13.4 Å². The molecule has 2 nitrogen and oxygen atoms in total. The van der Waals surface area contributed by atoms with Gasteiger partial charge in [0.2, 0.25) is 0 Å². The number of ether oxygens (including phenoxy) is 2. The Bertz CT molecular complexity index is 3860. The zero-order valence-electron chi connectivity index (χ0n) is 36.8. The number of hydrogen-bond donors (Lipinski definition) is 0. The molecule has 0 saturated heterocycles. The van der Waals surface area contributed by atoms with Gasteiger partial charge in [-0.25, -0.2) is 0 Å². The van der Waals surface area contributed by atoms with Crippen LogP contribution in [0.4, 0.5) is 0 Å². The van der Waals surface area contributed by atoms with Gasteiger partial charge in [0.25, 0.3) is 13.4 Å². The van der Waals surface area contributed by atoms with Crippen LogP contribution in [-0.2, 0) is 0 Å². The van der Waals surface area contributed by atoms with E-state index in [0.717, 1.165) is 34.1 Å². The molecule has 12 aromatic carbocycles. The van der Waals surface area contributed by atoms with E-state index >= 15 is 0 Å². The van der Waals surface area contributed by atoms with E-state index < -0.39 is 0 Å². The monoisotopic (exact) mass is 858 g/mol. The topological polar surface area (TPSA) is 18.5 Å². The number of para-hydroxylation sites is 2. The predicted molar refractivity (Wildman–Crippen MR) is 285 cm³/mol. The molecule has 0 radical (unpaired) electrons. The van der Waals surface area contributed by atoms with Crippen LogP contribution < -0.4 is 42.3 Å². The van der Waals surface area contributed by atoms with Gasteiger partial charge in [-0.05, 0) is 169 Å². The second-order valence-electron chi connectivity index (χ2n) is 19.0. The Morgan fingerprint density at radius 3 is 1.01 bits per heavy atom. The third-order valence-electron chi connectivity index (χ3n) is 15.5. The molecule has 0 aliphatic carbocycles. The zero-order valence-corrected chi connectivity index (χ0v) is 36.8. The molecule has 4 aliphatic heterocycles. The lowest BCUT2D eigenvalue weighted by molar-refractivity contribution is 0.487. The molecule has 16 rings (SSSR count). The third-order valence-corrected chi connectivity index (χ3v) is 15.5. The van der Waals surface area contributed by atoms with Crippen LogP contribution in [0.2, 0.25) is 0 Å². The average Bonchev–Trinajstić information content (AvgIpc) is 3.41. The van der Waals surface area contributed by atoms with Gasteiger partial charge in [-0.2, -0.15) is 0 Å². The molecule has 0 unspecified atom stereocenters. The normalized spacial score (nSPS) is 13.2. The van der Waals surface area contributed by atoms with Gasteiger partial charge in [0.1, 0.15) is 23.0 Å². The third kappa shape index (κ3) is 4.88. The fourth-order valence-corrected chi connectivity index (χ4v) is 12.7. The van der Waals surface area contributed by atoms with Crippen molar-refractivity contribution in [2.75, 3.05) is 0 Å². The van der Waals surface area contributed by atoms with Gasteiger partial charge in [-0.3, -0.25) is 0 Å². The van der Waals surface area contributed by atoms with Gasteiger partial charge in [0.15, 0.2) is 0 Å². The summed E-state index contributed by atoms with van der Waals surface area (Å²) in [5, 5.41) is 7.87. The molecule has 68 heavy (non-hydrogen) atoms. The van der Waals surface area contributed by atoms with Crippen LogP contribution in [0.25, 0.3) is 99.1 Å². The minimum atomic E-state index is -0.0359. The Kier molecular flexibility index (Phi) is 7.27. The van der Waals surface area contributed by atoms with E-state index in [1.165, 1.54) is 121 Å². The summed E-state index contributed by atoms with van der Waals surface area (Å²) in [4.78, 5) is 0. The summed E-state index contributed by atoms with van der Waals surface area (Å²) < 4.78 is 14.0. The van der Waals surface area contributed by atoms with Gasteiger partial charge in [-0.1, -0.05) is 181 Å². The average molecular weight is 859 g/mol. The fourth-order valence-electron chi connectivity index (χ4n) is 12.7. The summed E-state index contributed by atoms with van der Waals surface area (Å²) in [7, 11) is 0. The lowest BCUT2D eigenvalue weighted by Gasteiger charge is -2.37. The SMILES string of the molecule is c1ccc(-c2cc3c4c(c2)-c2cc(-c5ccccc5)c5cc6c7c(cc(-c8ccccc8)c8cc(c2c5c87)B4c2ccccc2O3)-c2cc(-c3ccccc3)cc3c2B6c2ccccc2O3)cc1. The molecule has 0 fully saturated rings. The van der Waals surface area contributed by atoms with Crippen molar-refractivity contribution in [3.63, 3.8) is 0 Å². The number of rotatable bonds is 4. The van der Waals surface area contributed by atoms with Gasteiger partial charge in [0, 0.05) is 0 Å². The first-order valence-corrected chi connectivity index (χ1v) is 23.7. The Hall–Kier alpha value is -8.59. The van der Waals surface area contributed by atoms with Crippen molar-refractivity contribution in [1.82, 2.24) is 0 Å². The highest BCUT2D eigenvalue weighted by Crippen LogP contribution is 2.52. The van der Waals surface area contributed by atoms with Gasteiger partial charge >= 0.3 is 0 Å². The van der Waals surface area contributed by atoms with Crippen LogP contribution in [-0.4, -0.2) is 13.4 Å². The van der Waals surface area contributed by atoms with E-state index in [4.69, 9.17) is 9.47 Å². The molecule has 0 aromatic heterocycles. The van der Waals surface area contributed by atoms with E-state index in [1.54, 1.807) is 0 Å². The molecule has 0 atom stereocenters. The van der Waals surface area contributed by atoms with E-state index in [1.807, 2.05) is 0 Å². The molecule has 0 bridgehead atoms. The van der Waals surface area contributed by atoms with Crippen LogP contribution in [0, 0.1) is 0 Å². The molecule has 4 heteroatoms. The molecule has 0 saturated carbocycles. The van der Waals surface area contributed by atoms with E-state index in [2.05, 4.69) is 218 Å². The number of hydrogen-bond acceptors (Lipinski definition) is 2. The number of fused-ring (bicyclic) bond motifs is 8. The van der Waals surface area contributed by atoms with Crippen molar-refractivity contribution in [1.29, 1.82) is 0 Å². The standard InChI is InChI=1S/C64H36B2O2/c1-5-17-37(18-6-1)41-29-49-45-33-43(39-21-9-3-10-22-39)47-36-54-60-46(50-30-42(38-19-7-2-8-20-38)32-58-64(50)66(54)52-26-14-16-28-56(52)68-58)34-44(40-23-11-4-12-24-40)48-35-53(59(45)61(47)62(48)60)65-51-25-13-15-27-55(51)67-57(31-41)63(49)65/h1-36H. The first kappa shape index (κ1) is 36.6. The highest BCUT2D eigenvalue weighted by Gasteiger charge is 2.44. The van der Waals surface area contributed by atoms with Crippen LogP contribution in [0.1, 0.15) is 0 Å². The Morgan fingerprint density at radius 1 is 0.235 bits per heavy atom.